The first kappa shape index (κ1) is 14.1. The average molecular weight is 292 g/mol. The Bertz CT molecular complexity index is 465. The molecule has 2 heterocycles. The van der Waals surface area contributed by atoms with Gasteiger partial charge >= 0.3 is 0 Å². The van der Waals surface area contributed by atoms with Crippen molar-refractivity contribution in [1.29, 1.82) is 0 Å². The molecule has 1 amide bonds. The molecule has 1 saturated heterocycles. The Hall–Kier alpha value is -0.870. The second-order valence-electron chi connectivity index (χ2n) is 6.47. The molecule has 0 bridgehead atoms. The van der Waals surface area contributed by atoms with Gasteiger partial charge in [-0.15, -0.1) is 11.3 Å². The van der Waals surface area contributed by atoms with Gasteiger partial charge in [0, 0.05) is 23.4 Å². The van der Waals surface area contributed by atoms with Gasteiger partial charge in [-0.1, -0.05) is 25.3 Å². The van der Waals surface area contributed by atoms with Crippen LogP contribution in [0.1, 0.15) is 56.2 Å². The van der Waals surface area contributed by atoms with Crippen LogP contribution < -0.4 is 5.73 Å². The van der Waals surface area contributed by atoms with Crippen LogP contribution in [0.5, 0.6) is 0 Å². The van der Waals surface area contributed by atoms with E-state index in [0.717, 1.165) is 38.6 Å². The Kier molecular flexibility index (Phi) is 3.87. The molecule has 1 aromatic rings. The number of nitrogens with zero attached hydrogens (tertiary/aromatic N) is 1. The lowest BCUT2D eigenvalue weighted by Gasteiger charge is -2.37. The normalized spacial score (nSPS) is 29.6. The molecule has 3 nitrogen and oxygen atoms in total. The van der Waals surface area contributed by atoms with Crippen molar-refractivity contribution in [2.24, 2.45) is 5.73 Å². The minimum atomic E-state index is -0.586. The van der Waals surface area contributed by atoms with Gasteiger partial charge in [0.1, 0.15) is 0 Å². The third kappa shape index (κ3) is 2.51. The number of carbonyl (C=O) groups is 1. The highest BCUT2D eigenvalue weighted by Crippen LogP contribution is 2.37. The molecule has 3 rings (SSSR count). The van der Waals surface area contributed by atoms with Crippen LogP contribution in [-0.2, 0) is 4.79 Å². The quantitative estimate of drug-likeness (QED) is 0.910. The van der Waals surface area contributed by atoms with Gasteiger partial charge in [0.25, 0.3) is 0 Å². The Morgan fingerprint density at radius 2 is 2.15 bits per heavy atom. The molecule has 1 saturated carbocycles. The second kappa shape index (κ2) is 5.49. The number of amides is 1. The number of thiophene rings is 1. The smallest absolute Gasteiger partial charge is 0.242 e. The van der Waals surface area contributed by atoms with Gasteiger partial charge in [0.05, 0.1) is 5.54 Å². The standard InChI is InChI=1S/C16H24N2OS/c1-12-10-13(14-6-5-9-20-14)11-18(12)15(19)16(17)7-3-2-4-8-16/h5-6,9,12-13H,2-4,7-8,10-11,17H2,1H3. The largest absolute Gasteiger partial charge is 0.338 e. The molecule has 0 radical (unpaired) electrons. The minimum absolute atomic E-state index is 0.198. The molecule has 1 aromatic heterocycles. The SMILES string of the molecule is CC1CC(c2cccs2)CN1C(=O)C1(N)CCCCC1. The zero-order chi connectivity index (χ0) is 14.2. The highest BCUT2D eigenvalue weighted by Gasteiger charge is 2.43. The van der Waals surface area contributed by atoms with Crippen molar-refractivity contribution in [3.63, 3.8) is 0 Å². The van der Waals surface area contributed by atoms with Crippen molar-refractivity contribution in [1.82, 2.24) is 4.90 Å². The van der Waals surface area contributed by atoms with Crippen molar-refractivity contribution >= 4 is 17.2 Å². The highest BCUT2D eigenvalue weighted by atomic mass is 32.1. The first-order chi connectivity index (χ1) is 9.60. The number of rotatable bonds is 2. The van der Waals surface area contributed by atoms with E-state index in [1.54, 1.807) is 11.3 Å². The van der Waals surface area contributed by atoms with E-state index in [4.69, 9.17) is 5.73 Å². The van der Waals surface area contributed by atoms with E-state index < -0.39 is 5.54 Å². The molecular formula is C16H24N2OS. The van der Waals surface area contributed by atoms with E-state index in [9.17, 15) is 4.79 Å². The molecule has 2 unspecified atom stereocenters. The fourth-order valence-corrected chi connectivity index (χ4v) is 4.56. The molecule has 110 valence electrons. The predicted molar refractivity (Wildman–Crippen MR) is 82.9 cm³/mol. The van der Waals surface area contributed by atoms with Gasteiger partial charge in [-0.05, 0) is 37.6 Å². The van der Waals surface area contributed by atoms with Crippen LogP contribution in [0.25, 0.3) is 0 Å². The fourth-order valence-electron chi connectivity index (χ4n) is 3.73. The molecule has 2 aliphatic rings. The summed E-state index contributed by atoms with van der Waals surface area (Å²) in [6.45, 7) is 3.01. The third-order valence-electron chi connectivity index (χ3n) is 4.95. The minimum Gasteiger partial charge on any atom is -0.338 e. The lowest BCUT2D eigenvalue weighted by Crippen LogP contribution is -2.57. The third-order valence-corrected chi connectivity index (χ3v) is 5.99. The molecule has 2 N–H and O–H groups in total. The van der Waals surface area contributed by atoms with Crippen LogP contribution in [-0.4, -0.2) is 28.9 Å². The van der Waals surface area contributed by atoms with Crippen molar-refractivity contribution in [2.45, 2.75) is 62.9 Å². The number of nitrogens with two attached hydrogens (primary N) is 1. The molecule has 0 aromatic carbocycles. The van der Waals surface area contributed by atoms with Gasteiger partial charge in [-0.3, -0.25) is 4.79 Å². The highest BCUT2D eigenvalue weighted by molar-refractivity contribution is 7.10. The van der Waals surface area contributed by atoms with Crippen molar-refractivity contribution in [3.05, 3.63) is 22.4 Å². The molecular weight excluding hydrogens is 268 g/mol. The summed E-state index contributed by atoms with van der Waals surface area (Å²) in [5, 5.41) is 2.12. The van der Waals surface area contributed by atoms with E-state index in [0.29, 0.717) is 12.0 Å². The molecule has 0 spiro atoms. The fraction of sp³-hybridized carbons (Fsp3) is 0.688. The number of likely N-dealkylation sites (tertiary alicyclic amines) is 1. The van der Waals surface area contributed by atoms with Gasteiger partial charge < -0.3 is 10.6 Å². The maximum Gasteiger partial charge on any atom is 0.242 e. The Labute approximate surface area is 125 Å². The first-order valence-corrected chi connectivity index (χ1v) is 8.61. The van der Waals surface area contributed by atoms with E-state index in [2.05, 4.69) is 29.3 Å². The Balaban J connectivity index is 1.72. The summed E-state index contributed by atoms with van der Waals surface area (Å²) in [5.74, 6) is 0.699. The summed E-state index contributed by atoms with van der Waals surface area (Å²) < 4.78 is 0. The van der Waals surface area contributed by atoms with Gasteiger partial charge in [-0.2, -0.15) is 0 Å². The van der Waals surface area contributed by atoms with E-state index in [-0.39, 0.29) is 5.91 Å². The Morgan fingerprint density at radius 1 is 1.40 bits per heavy atom. The van der Waals surface area contributed by atoms with E-state index >= 15 is 0 Å². The zero-order valence-electron chi connectivity index (χ0n) is 12.2. The van der Waals surface area contributed by atoms with Crippen LogP contribution in [0.4, 0.5) is 0 Å². The van der Waals surface area contributed by atoms with Crippen LogP contribution in [0, 0.1) is 0 Å². The molecule has 4 heteroatoms. The lowest BCUT2D eigenvalue weighted by molar-refractivity contribution is -0.138. The van der Waals surface area contributed by atoms with Crippen LogP contribution in [0.15, 0.2) is 17.5 Å². The summed E-state index contributed by atoms with van der Waals surface area (Å²) in [7, 11) is 0. The number of carbonyl (C=O) groups excluding carboxylic acids is 1. The molecule has 2 atom stereocenters. The summed E-state index contributed by atoms with van der Waals surface area (Å²) in [6.07, 6.45) is 6.21. The van der Waals surface area contributed by atoms with Gasteiger partial charge in [0.15, 0.2) is 0 Å². The van der Waals surface area contributed by atoms with E-state index in [1.807, 2.05) is 0 Å². The lowest BCUT2D eigenvalue weighted by atomic mass is 9.81. The topological polar surface area (TPSA) is 46.3 Å². The van der Waals surface area contributed by atoms with Crippen molar-refractivity contribution in [3.8, 4) is 0 Å². The Morgan fingerprint density at radius 3 is 2.80 bits per heavy atom. The number of hydrogen-bond donors (Lipinski definition) is 1. The van der Waals surface area contributed by atoms with Gasteiger partial charge in [-0.25, -0.2) is 0 Å². The molecule has 20 heavy (non-hydrogen) atoms. The summed E-state index contributed by atoms with van der Waals surface area (Å²) in [5.41, 5.74) is 5.83. The molecule has 1 aliphatic carbocycles. The van der Waals surface area contributed by atoms with Gasteiger partial charge in [0.2, 0.25) is 5.91 Å². The summed E-state index contributed by atoms with van der Waals surface area (Å²) >= 11 is 1.80. The van der Waals surface area contributed by atoms with Crippen molar-refractivity contribution < 1.29 is 4.79 Å². The van der Waals surface area contributed by atoms with Crippen LogP contribution >= 0.6 is 11.3 Å². The monoisotopic (exact) mass is 292 g/mol. The predicted octanol–water partition coefficient (Wildman–Crippen LogP) is 3.11. The van der Waals surface area contributed by atoms with E-state index in [1.165, 1.54) is 11.3 Å². The maximum absolute atomic E-state index is 12.9. The molecule has 2 fully saturated rings. The first-order valence-electron chi connectivity index (χ1n) is 7.73. The maximum atomic E-state index is 12.9. The zero-order valence-corrected chi connectivity index (χ0v) is 13.0. The average Bonchev–Trinajstić information content (AvgIpc) is 3.07. The van der Waals surface area contributed by atoms with Crippen LogP contribution in [0.2, 0.25) is 0 Å². The number of hydrogen-bond acceptors (Lipinski definition) is 3. The summed E-state index contributed by atoms with van der Waals surface area (Å²) in [6, 6.07) is 4.60. The summed E-state index contributed by atoms with van der Waals surface area (Å²) in [4.78, 5) is 16.3. The van der Waals surface area contributed by atoms with Crippen LogP contribution in [0.3, 0.4) is 0 Å². The second-order valence-corrected chi connectivity index (χ2v) is 7.45. The van der Waals surface area contributed by atoms with Crippen molar-refractivity contribution in [2.75, 3.05) is 6.54 Å². The molecule has 1 aliphatic heterocycles.